The first-order valence-electron chi connectivity index (χ1n) is 12.2. The lowest BCUT2D eigenvalue weighted by molar-refractivity contribution is 0.104. The number of ether oxygens (including phenoxy) is 4. The Bertz CT molecular complexity index is 1750. The summed E-state index contributed by atoms with van der Waals surface area (Å²) in [6.07, 6.45) is 4.88. The zero-order valence-corrected chi connectivity index (χ0v) is 22.0. The fourth-order valence-electron chi connectivity index (χ4n) is 4.07. The molecule has 0 aliphatic rings. The molecular formula is C30H25N3O7. The van der Waals surface area contributed by atoms with Gasteiger partial charge in [-0.25, -0.2) is 9.48 Å². The van der Waals surface area contributed by atoms with Gasteiger partial charge in [-0.05, 0) is 66.7 Å². The lowest BCUT2D eigenvalue weighted by Crippen LogP contribution is -1.99. The van der Waals surface area contributed by atoms with Gasteiger partial charge in [-0.3, -0.25) is 4.79 Å². The second-order valence-electron chi connectivity index (χ2n) is 8.57. The Morgan fingerprint density at radius 3 is 2.45 bits per heavy atom. The van der Waals surface area contributed by atoms with E-state index in [0.717, 1.165) is 11.1 Å². The van der Waals surface area contributed by atoms with Crippen molar-refractivity contribution in [1.29, 1.82) is 0 Å². The lowest BCUT2D eigenvalue weighted by atomic mass is 10.1. The Balaban J connectivity index is 1.24. The van der Waals surface area contributed by atoms with Gasteiger partial charge in [0.15, 0.2) is 17.3 Å². The maximum Gasteiger partial charge on any atom is 0.336 e. The van der Waals surface area contributed by atoms with Crippen molar-refractivity contribution in [3.8, 4) is 28.7 Å². The van der Waals surface area contributed by atoms with Crippen molar-refractivity contribution in [2.24, 2.45) is 0 Å². The molecule has 2 heterocycles. The molecule has 0 bridgehead atoms. The lowest BCUT2D eigenvalue weighted by Gasteiger charge is -2.13. The minimum atomic E-state index is -0.422. The standard InChI is InChI=1S/C30H25N3O7/c1-36-26-14-8-21(29(37-2)30(26)38-3)7-13-25(34)19-4-10-23(11-5-19)33-17-22(31-32-33)18-39-24-12-6-20-9-15-28(35)40-27(20)16-24/h4-17H,18H2,1-3H3/b13-7+. The topological polar surface area (TPSA) is 115 Å². The van der Waals surface area contributed by atoms with Crippen molar-refractivity contribution in [2.75, 3.05) is 21.3 Å². The molecule has 0 unspecified atom stereocenters. The number of carbonyl (C=O) groups is 1. The van der Waals surface area contributed by atoms with Gasteiger partial charge in [0, 0.05) is 28.6 Å². The molecule has 0 fully saturated rings. The summed E-state index contributed by atoms with van der Waals surface area (Å²) in [6.45, 7) is 0.170. The molecule has 5 aromatic rings. The highest BCUT2D eigenvalue weighted by molar-refractivity contribution is 6.07. The molecule has 202 valence electrons. The van der Waals surface area contributed by atoms with Gasteiger partial charge in [-0.1, -0.05) is 5.21 Å². The third-order valence-electron chi connectivity index (χ3n) is 6.09. The molecule has 0 radical (unpaired) electrons. The number of carbonyl (C=O) groups excluding carboxylic acids is 1. The highest BCUT2D eigenvalue weighted by atomic mass is 16.5. The van der Waals surface area contributed by atoms with Crippen LogP contribution in [-0.4, -0.2) is 42.1 Å². The van der Waals surface area contributed by atoms with Crippen molar-refractivity contribution in [3.63, 3.8) is 0 Å². The van der Waals surface area contributed by atoms with E-state index in [2.05, 4.69) is 10.3 Å². The maximum absolute atomic E-state index is 12.8. The molecule has 40 heavy (non-hydrogen) atoms. The van der Waals surface area contributed by atoms with Gasteiger partial charge in [0.25, 0.3) is 0 Å². The highest BCUT2D eigenvalue weighted by Gasteiger charge is 2.15. The van der Waals surface area contributed by atoms with E-state index < -0.39 is 5.63 Å². The van der Waals surface area contributed by atoms with Crippen molar-refractivity contribution in [1.82, 2.24) is 15.0 Å². The van der Waals surface area contributed by atoms with Crippen LogP contribution >= 0.6 is 0 Å². The molecule has 0 saturated heterocycles. The van der Waals surface area contributed by atoms with E-state index in [-0.39, 0.29) is 12.4 Å². The Kier molecular flexibility index (Phi) is 7.58. The van der Waals surface area contributed by atoms with E-state index >= 15 is 0 Å². The molecule has 0 atom stereocenters. The van der Waals surface area contributed by atoms with Gasteiger partial charge >= 0.3 is 5.63 Å². The number of methoxy groups -OCH3 is 3. The maximum atomic E-state index is 12.8. The molecule has 0 saturated carbocycles. The van der Waals surface area contributed by atoms with Crippen LogP contribution in [0.5, 0.6) is 23.0 Å². The number of hydrogen-bond acceptors (Lipinski definition) is 9. The van der Waals surface area contributed by atoms with Crippen LogP contribution in [0.3, 0.4) is 0 Å². The molecule has 0 aliphatic carbocycles. The molecular weight excluding hydrogens is 514 g/mol. The van der Waals surface area contributed by atoms with Crippen molar-refractivity contribution >= 4 is 22.8 Å². The number of nitrogens with zero attached hydrogens (tertiary/aromatic N) is 3. The average Bonchev–Trinajstić information content (AvgIpc) is 3.47. The second-order valence-corrected chi connectivity index (χ2v) is 8.57. The molecule has 2 aromatic heterocycles. The third kappa shape index (κ3) is 5.56. The van der Waals surface area contributed by atoms with E-state index in [4.69, 9.17) is 23.4 Å². The van der Waals surface area contributed by atoms with Crippen LogP contribution in [0.1, 0.15) is 21.6 Å². The van der Waals surface area contributed by atoms with E-state index in [1.807, 2.05) is 6.07 Å². The first kappa shape index (κ1) is 26.2. The minimum absolute atomic E-state index is 0.170. The van der Waals surface area contributed by atoms with Crippen LogP contribution in [0, 0.1) is 0 Å². The molecule has 0 spiro atoms. The predicted octanol–water partition coefficient (Wildman–Crippen LogP) is 4.87. The first-order valence-corrected chi connectivity index (χ1v) is 12.2. The number of allylic oxidation sites excluding steroid dienone is 1. The van der Waals surface area contributed by atoms with Crippen LogP contribution < -0.4 is 24.6 Å². The Labute approximate surface area is 229 Å². The minimum Gasteiger partial charge on any atom is -0.493 e. The molecule has 10 nitrogen and oxygen atoms in total. The van der Waals surface area contributed by atoms with Crippen LogP contribution in [-0.2, 0) is 6.61 Å². The fourth-order valence-corrected chi connectivity index (χ4v) is 4.07. The summed E-state index contributed by atoms with van der Waals surface area (Å²) in [7, 11) is 4.60. The summed E-state index contributed by atoms with van der Waals surface area (Å²) in [5, 5.41) is 9.11. The fraction of sp³-hybridized carbons (Fsp3) is 0.133. The van der Waals surface area contributed by atoms with E-state index in [1.54, 1.807) is 78.7 Å². The number of ketones is 1. The monoisotopic (exact) mass is 539 g/mol. The van der Waals surface area contributed by atoms with Gasteiger partial charge in [0.2, 0.25) is 5.75 Å². The third-order valence-corrected chi connectivity index (χ3v) is 6.09. The van der Waals surface area contributed by atoms with Crippen LogP contribution in [0.15, 0.2) is 88.2 Å². The zero-order valence-electron chi connectivity index (χ0n) is 22.0. The average molecular weight is 540 g/mol. The van der Waals surface area contributed by atoms with Crippen molar-refractivity contribution in [2.45, 2.75) is 6.61 Å². The van der Waals surface area contributed by atoms with Crippen molar-refractivity contribution in [3.05, 3.63) is 106 Å². The number of hydrogen-bond donors (Lipinski definition) is 0. The van der Waals surface area contributed by atoms with E-state index in [1.165, 1.54) is 26.4 Å². The Morgan fingerprint density at radius 2 is 1.70 bits per heavy atom. The van der Waals surface area contributed by atoms with Gasteiger partial charge in [-0.15, -0.1) is 5.10 Å². The van der Waals surface area contributed by atoms with E-state index in [9.17, 15) is 9.59 Å². The zero-order chi connectivity index (χ0) is 28.1. The number of aromatic nitrogens is 3. The van der Waals surface area contributed by atoms with Crippen LogP contribution in [0.2, 0.25) is 0 Å². The van der Waals surface area contributed by atoms with Gasteiger partial charge < -0.3 is 23.4 Å². The molecule has 0 N–H and O–H groups in total. The summed E-state index contributed by atoms with van der Waals surface area (Å²) in [5.41, 5.74) is 2.53. The smallest absolute Gasteiger partial charge is 0.336 e. The summed E-state index contributed by atoms with van der Waals surface area (Å²) in [6, 6.07) is 18.9. The number of benzene rings is 3. The number of rotatable bonds is 10. The molecule has 0 aliphatic heterocycles. The Hall–Kier alpha value is -5.38. The number of fused-ring (bicyclic) bond motifs is 1. The molecule has 3 aromatic carbocycles. The SMILES string of the molecule is COc1ccc(/C=C/C(=O)c2ccc(-n3cc(COc4ccc5ccc(=O)oc5c4)nn3)cc2)c(OC)c1OC. The second kappa shape index (κ2) is 11.6. The van der Waals surface area contributed by atoms with Crippen molar-refractivity contribution < 1.29 is 28.2 Å². The molecule has 0 amide bonds. The van der Waals surface area contributed by atoms with Crippen LogP contribution in [0.4, 0.5) is 0 Å². The van der Waals surface area contributed by atoms with Crippen LogP contribution in [0.25, 0.3) is 22.7 Å². The summed E-state index contributed by atoms with van der Waals surface area (Å²) in [4.78, 5) is 24.3. The quantitative estimate of drug-likeness (QED) is 0.139. The summed E-state index contributed by atoms with van der Waals surface area (Å²) in [5.74, 6) is 1.82. The molecule has 10 heteroatoms. The Morgan fingerprint density at radius 1 is 0.925 bits per heavy atom. The summed E-state index contributed by atoms with van der Waals surface area (Å²) >= 11 is 0. The highest BCUT2D eigenvalue weighted by Crippen LogP contribution is 2.40. The van der Waals surface area contributed by atoms with Gasteiger partial charge in [0.05, 0.1) is 33.2 Å². The molecule has 5 rings (SSSR count). The first-order chi connectivity index (χ1) is 19.5. The van der Waals surface area contributed by atoms with Gasteiger partial charge in [-0.2, -0.15) is 0 Å². The van der Waals surface area contributed by atoms with E-state index in [0.29, 0.717) is 45.4 Å². The largest absolute Gasteiger partial charge is 0.493 e. The summed E-state index contributed by atoms with van der Waals surface area (Å²) < 4.78 is 28.8. The van der Waals surface area contributed by atoms with Gasteiger partial charge in [0.1, 0.15) is 23.6 Å². The normalized spacial score (nSPS) is 11.1. The predicted molar refractivity (Wildman–Crippen MR) is 148 cm³/mol.